The molecule has 2 aromatic rings. The largest absolute Gasteiger partial charge is 0.371 e. The fraction of sp³-hybridized carbons (Fsp3) is 0.318. The standard InChI is InChI=1S/C22H22BrN3O3/c1-2-25-11-9-14-5-7-16(13-19(14)25)24-20(27)4-3-10-26-21(28)17-8-6-15(23)12-18(17)22(26)29/h5-8,12-13H,2-4,9-11H2,1H3,(H,24,27). The third-order valence-corrected chi connectivity index (χ3v) is 5.95. The van der Waals surface area contributed by atoms with Gasteiger partial charge in [-0.1, -0.05) is 22.0 Å². The lowest BCUT2D eigenvalue weighted by Crippen LogP contribution is -2.31. The van der Waals surface area contributed by atoms with Crippen LogP contribution in [0.4, 0.5) is 11.4 Å². The molecule has 2 aliphatic rings. The number of imide groups is 1. The third-order valence-electron chi connectivity index (χ3n) is 5.46. The van der Waals surface area contributed by atoms with Gasteiger partial charge in [0.25, 0.3) is 11.8 Å². The van der Waals surface area contributed by atoms with Crippen molar-refractivity contribution in [2.45, 2.75) is 26.2 Å². The Morgan fingerprint density at radius 1 is 1.10 bits per heavy atom. The van der Waals surface area contributed by atoms with Crippen molar-refractivity contribution in [3.8, 4) is 0 Å². The molecule has 0 unspecified atom stereocenters. The van der Waals surface area contributed by atoms with Crippen molar-refractivity contribution in [2.24, 2.45) is 0 Å². The molecule has 0 saturated heterocycles. The number of benzene rings is 2. The summed E-state index contributed by atoms with van der Waals surface area (Å²) in [6, 6.07) is 11.1. The highest BCUT2D eigenvalue weighted by Gasteiger charge is 2.35. The first-order chi connectivity index (χ1) is 14.0. The number of likely N-dealkylation sites (N-methyl/N-ethyl adjacent to an activating group) is 1. The van der Waals surface area contributed by atoms with E-state index in [0.717, 1.165) is 29.7 Å². The number of hydrogen-bond acceptors (Lipinski definition) is 4. The second-order valence-corrected chi connectivity index (χ2v) is 8.19. The molecular weight excluding hydrogens is 434 g/mol. The predicted octanol–water partition coefficient (Wildman–Crippen LogP) is 3.85. The van der Waals surface area contributed by atoms with Gasteiger partial charge in [0.05, 0.1) is 11.1 Å². The quantitative estimate of drug-likeness (QED) is 0.671. The average Bonchev–Trinajstić information content (AvgIpc) is 3.21. The highest BCUT2D eigenvalue weighted by Crippen LogP contribution is 2.30. The first-order valence-electron chi connectivity index (χ1n) is 9.81. The summed E-state index contributed by atoms with van der Waals surface area (Å²) in [4.78, 5) is 40.8. The van der Waals surface area contributed by atoms with E-state index in [0.29, 0.717) is 17.5 Å². The molecule has 0 bridgehead atoms. The van der Waals surface area contributed by atoms with Gasteiger partial charge in [-0.05, 0) is 55.7 Å². The summed E-state index contributed by atoms with van der Waals surface area (Å²) in [5.41, 5.74) is 4.10. The molecule has 3 amide bonds. The normalized spacial score (nSPS) is 15.0. The molecule has 0 fully saturated rings. The van der Waals surface area contributed by atoms with Gasteiger partial charge in [-0.3, -0.25) is 19.3 Å². The topological polar surface area (TPSA) is 69.7 Å². The van der Waals surface area contributed by atoms with Crippen molar-refractivity contribution in [2.75, 3.05) is 29.9 Å². The molecule has 0 aliphatic carbocycles. The molecule has 4 rings (SSSR count). The number of nitrogens with one attached hydrogen (secondary N) is 1. The Kier molecular flexibility index (Phi) is 5.41. The highest BCUT2D eigenvalue weighted by molar-refractivity contribution is 9.10. The molecule has 0 spiro atoms. The van der Waals surface area contributed by atoms with Crippen molar-refractivity contribution in [3.63, 3.8) is 0 Å². The maximum Gasteiger partial charge on any atom is 0.261 e. The van der Waals surface area contributed by atoms with Crippen LogP contribution in [-0.2, 0) is 11.2 Å². The van der Waals surface area contributed by atoms with E-state index in [9.17, 15) is 14.4 Å². The van der Waals surface area contributed by atoms with Crippen LogP contribution >= 0.6 is 15.9 Å². The van der Waals surface area contributed by atoms with E-state index in [2.05, 4.69) is 39.1 Å². The number of hydrogen-bond donors (Lipinski definition) is 1. The third kappa shape index (κ3) is 3.79. The van der Waals surface area contributed by atoms with E-state index < -0.39 is 0 Å². The fourth-order valence-electron chi connectivity index (χ4n) is 3.94. The van der Waals surface area contributed by atoms with Gasteiger partial charge in [0.15, 0.2) is 0 Å². The van der Waals surface area contributed by atoms with Crippen LogP contribution in [-0.4, -0.2) is 42.3 Å². The van der Waals surface area contributed by atoms with E-state index in [1.54, 1.807) is 18.2 Å². The second-order valence-electron chi connectivity index (χ2n) is 7.28. The van der Waals surface area contributed by atoms with E-state index in [1.165, 1.54) is 16.2 Å². The Hall–Kier alpha value is -2.67. The van der Waals surface area contributed by atoms with Crippen LogP contribution < -0.4 is 10.2 Å². The van der Waals surface area contributed by atoms with Gasteiger partial charge in [-0.25, -0.2) is 0 Å². The van der Waals surface area contributed by atoms with Gasteiger partial charge in [0.1, 0.15) is 0 Å². The SMILES string of the molecule is CCN1CCc2ccc(NC(=O)CCCN3C(=O)c4ccc(Br)cc4C3=O)cc21. The van der Waals surface area contributed by atoms with Gasteiger partial charge >= 0.3 is 0 Å². The summed E-state index contributed by atoms with van der Waals surface area (Å²) in [5, 5.41) is 2.93. The van der Waals surface area contributed by atoms with Crippen molar-refractivity contribution >= 4 is 45.0 Å². The summed E-state index contributed by atoms with van der Waals surface area (Å²) in [6.45, 7) is 4.31. The van der Waals surface area contributed by atoms with Gasteiger partial charge in [-0.2, -0.15) is 0 Å². The van der Waals surface area contributed by atoms with Crippen molar-refractivity contribution in [3.05, 3.63) is 57.6 Å². The lowest BCUT2D eigenvalue weighted by Gasteiger charge is -2.17. The molecule has 0 atom stereocenters. The zero-order chi connectivity index (χ0) is 20.5. The summed E-state index contributed by atoms with van der Waals surface area (Å²) < 4.78 is 0.759. The van der Waals surface area contributed by atoms with E-state index in [4.69, 9.17) is 0 Å². The van der Waals surface area contributed by atoms with Crippen molar-refractivity contribution in [1.82, 2.24) is 4.90 Å². The zero-order valence-corrected chi connectivity index (χ0v) is 17.8. The monoisotopic (exact) mass is 455 g/mol. The molecule has 2 heterocycles. The average molecular weight is 456 g/mol. The predicted molar refractivity (Wildman–Crippen MR) is 115 cm³/mol. The lowest BCUT2D eigenvalue weighted by atomic mass is 10.1. The number of nitrogens with zero attached hydrogens (tertiary/aromatic N) is 2. The molecular formula is C22H22BrN3O3. The van der Waals surface area contributed by atoms with Gasteiger partial charge < -0.3 is 10.2 Å². The maximum absolute atomic E-state index is 12.5. The van der Waals surface area contributed by atoms with Gasteiger partial charge in [0.2, 0.25) is 5.91 Å². The van der Waals surface area contributed by atoms with E-state index in [1.807, 2.05) is 12.1 Å². The summed E-state index contributed by atoms with van der Waals surface area (Å²) in [7, 11) is 0. The summed E-state index contributed by atoms with van der Waals surface area (Å²) in [6.07, 6.45) is 1.70. The van der Waals surface area contributed by atoms with E-state index >= 15 is 0 Å². The van der Waals surface area contributed by atoms with Crippen LogP contribution in [0.3, 0.4) is 0 Å². The number of carbonyl (C=O) groups excluding carboxylic acids is 3. The molecule has 2 aromatic carbocycles. The molecule has 1 N–H and O–H groups in total. The maximum atomic E-state index is 12.5. The van der Waals surface area contributed by atoms with E-state index in [-0.39, 0.29) is 30.7 Å². The highest BCUT2D eigenvalue weighted by atomic mass is 79.9. The molecule has 7 heteroatoms. The minimum Gasteiger partial charge on any atom is -0.371 e. The summed E-state index contributed by atoms with van der Waals surface area (Å²) >= 11 is 3.32. The number of carbonyl (C=O) groups is 3. The van der Waals surface area contributed by atoms with Gasteiger partial charge in [-0.15, -0.1) is 0 Å². The van der Waals surface area contributed by atoms with Crippen molar-refractivity contribution < 1.29 is 14.4 Å². The van der Waals surface area contributed by atoms with Crippen LogP contribution in [0.25, 0.3) is 0 Å². The van der Waals surface area contributed by atoms with Crippen molar-refractivity contribution in [1.29, 1.82) is 0 Å². The Morgan fingerprint density at radius 3 is 2.69 bits per heavy atom. The van der Waals surface area contributed by atoms with Crippen LogP contribution in [0.15, 0.2) is 40.9 Å². The minimum absolute atomic E-state index is 0.120. The number of anilines is 2. The molecule has 150 valence electrons. The molecule has 0 aromatic heterocycles. The number of amides is 3. The Labute approximate surface area is 178 Å². The first kappa shape index (κ1) is 19.6. The lowest BCUT2D eigenvalue weighted by molar-refractivity contribution is -0.116. The Morgan fingerprint density at radius 2 is 1.90 bits per heavy atom. The molecule has 29 heavy (non-hydrogen) atoms. The zero-order valence-electron chi connectivity index (χ0n) is 16.2. The summed E-state index contributed by atoms with van der Waals surface area (Å²) in [5.74, 6) is -0.716. The molecule has 0 saturated carbocycles. The van der Waals surface area contributed by atoms with Gasteiger partial charge in [0, 0.05) is 41.9 Å². The molecule has 0 radical (unpaired) electrons. The number of rotatable bonds is 6. The second kappa shape index (κ2) is 7.99. The van der Waals surface area contributed by atoms with Crippen LogP contribution in [0.1, 0.15) is 46.0 Å². The molecule has 2 aliphatic heterocycles. The van der Waals surface area contributed by atoms with Crippen LogP contribution in [0.5, 0.6) is 0 Å². The molecule has 6 nitrogen and oxygen atoms in total. The number of halogens is 1. The fourth-order valence-corrected chi connectivity index (χ4v) is 4.30. The Bertz CT molecular complexity index is 1000. The number of fused-ring (bicyclic) bond motifs is 2. The first-order valence-corrected chi connectivity index (χ1v) is 10.6. The smallest absolute Gasteiger partial charge is 0.261 e. The Balaban J connectivity index is 1.32. The van der Waals surface area contributed by atoms with Crippen LogP contribution in [0.2, 0.25) is 0 Å². The van der Waals surface area contributed by atoms with Crippen LogP contribution in [0, 0.1) is 0 Å². The minimum atomic E-state index is -0.301.